The molecule has 2 atom stereocenters. The molecule has 1 heterocycles. The number of aliphatic hydroxyl groups is 1. The van der Waals surface area contributed by atoms with Crippen LogP contribution in [0, 0.1) is 5.41 Å². The Kier molecular flexibility index (Phi) is 4.79. The average Bonchev–Trinajstić information content (AvgIpc) is 2.25. The number of carboxylic acid groups (broad SMARTS) is 1. The second-order valence-corrected chi connectivity index (χ2v) is 6.39. The van der Waals surface area contributed by atoms with Gasteiger partial charge in [-0.25, -0.2) is 4.79 Å². The summed E-state index contributed by atoms with van der Waals surface area (Å²) in [5, 5.41) is 18.9. The summed E-state index contributed by atoms with van der Waals surface area (Å²) in [6.07, 6.45) is -1.58. The molecule has 0 aromatic carbocycles. The molecule has 2 amide bonds. The summed E-state index contributed by atoms with van der Waals surface area (Å²) in [7, 11) is 0. The summed E-state index contributed by atoms with van der Waals surface area (Å²) in [5.41, 5.74) is -0.124. The second kappa shape index (κ2) is 5.77. The van der Waals surface area contributed by atoms with E-state index in [-0.39, 0.29) is 17.4 Å². The Morgan fingerprint density at radius 2 is 1.89 bits per heavy atom. The maximum Gasteiger partial charge on any atom is 0.407 e. The van der Waals surface area contributed by atoms with Gasteiger partial charge in [0, 0.05) is 25.7 Å². The quantitative estimate of drug-likeness (QED) is 0.785. The minimum atomic E-state index is -1.01. The van der Waals surface area contributed by atoms with E-state index < -0.39 is 12.2 Å². The Balaban J connectivity index is 2.61. The number of carbonyl (C=O) groups is 2. The van der Waals surface area contributed by atoms with Gasteiger partial charge < -0.3 is 20.0 Å². The lowest BCUT2D eigenvalue weighted by Gasteiger charge is -2.40. The van der Waals surface area contributed by atoms with E-state index in [1.807, 2.05) is 20.8 Å². The molecule has 1 aliphatic rings. The van der Waals surface area contributed by atoms with Crippen LogP contribution >= 0.6 is 0 Å². The molecule has 6 heteroatoms. The van der Waals surface area contributed by atoms with Crippen LogP contribution in [-0.4, -0.2) is 63.8 Å². The van der Waals surface area contributed by atoms with Gasteiger partial charge in [-0.1, -0.05) is 20.8 Å². The maximum absolute atomic E-state index is 12.2. The zero-order chi connectivity index (χ0) is 14.8. The van der Waals surface area contributed by atoms with Gasteiger partial charge in [-0.2, -0.15) is 0 Å². The molecule has 0 unspecified atom stereocenters. The molecular formula is C13H24N2O4. The van der Waals surface area contributed by atoms with Crippen LogP contribution in [0.4, 0.5) is 4.79 Å². The van der Waals surface area contributed by atoms with Crippen LogP contribution in [0.15, 0.2) is 0 Å². The van der Waals surface area contributed by atoms with Crippen molar-refractivity contribution < 1.29 is 19.8 Å². The van der Waals surface area contributed by atoms with Crippen molar-refractivity contribution in [3.05, 3.63) is 0 Å². The smallest absolute Gasteiger partial charge is 0.407 e. The van der Waals surface area contributed by atoms with Crippen LogP contribution in [0.1, 0.15) is 34.1 Å². The van der Waals surface area contributed by atoms with Gasteiger partial charge in [0.2, 0.25) is 0 Å². The van der Waals surface area contributed by atoms with Crippen molar-refractivity contribution in [3.8, 4) is 0 Å². The molecule has 1 fully saturated rings. The molecule has 0 saturated carbocycles. The lowest BCUT2D eigenvalue weighted by molar-refractivity contribution is -0.146. The molecule has 1 aliphatic heterocycles. The Morgan fingerprint density at radius 1 is 1.32 bits per heavy atom. The molecule has 110 valence electrons. The third-order valence-electron chi connectivity index (χ3n) is 3.27. The summed E-state index contributed by atoms with van der Waals surface area (Å²) in [5.74, 6) is -0.299. The molecule has 6 nitrogen and oxygen atoms in total. The highest BCUT2D eigenvalue weighted by Crippen LogP contribution is 2.22. The lowest BCUT2D eigenvalue weighted by atomic mass is 9.88. The third kappa shape index (κ3) is 4.38. The van der Waals surface area contributed by atoms with E-state index in [9.17, 15) is 14.7 Å². The number of hydrogen-bond donors (Lipinski definition) is 2. The monoisotopic (exact) mass is 272 g/mol. The van der Waals surface area contributed by atoms with E-state index in [1.165, 1.54) is 4.90 Å². The van der Waals surface area contributed by atoms with Crippen LogP contribution in [0.5, 0.6) is 0 Å². The summed E-state index contributed by atoms with van der Waals surface area (Å²) in [6, 6.07) is -0.202. The first-order valence-corrected chi connectivity index (χ1v) is 6.58. The van der Waals surface area contributed by atoms with E-state index in [4.69, 9.17) is 5.11 Å². The third-order valence-corrected chi connectivity index (χ3v) is 3.27. The largest absolute Gasteiger partial charge is 0.465 e. The number of carbonyl (C=O) groups excluding carboxylic acids is 1. The Labute approximate surface area is 114 Å². The molecule has 0 bridgehead atoms. The van der Waals surface area contributed by atoms with Crippen LogP contribution in [0.3, 0.4) is 0 Å². The van der Waals surface area contributed by atoms with Crippen molar-refractivity contribution in [1.82, 2.24) is 9.80 Å². The van der Waals surface area contributed by atoms with Crippen molar-refractivity contribution in [2.45, 2.75) is 46.3 Å². The predicted molar refractivity (Wildman–Crippen MR) is 70.9 cm³/mol. The van der Waals surface area contributed by atoms with Gasteiger partial charge in [0.15, 0.2) is 0 Å². The Bertz CT molecular complexity index is 351. The van der Waals surface area contributed by atoms with Gasteiger partial charge >= 0.3 is 6.09 Å². The second-order valence-electron chi connectivity index (χ2n) is 6.39. The molecule has 0 radical (unpaired) electrons. The summed E-state index contributed by atoms with van der Waals surface area (Å²) >= 11 is 0. The Hall–Kier alpha value is -1.30. The SMILES string of the molecule is C[C@H]1CN(C(=O)O)CCN1C(=O)[C@H](O)CC(C)(C)C. The number of rotatable bonds is 2. The van der Waals surface area contributed by atoms with Gasteiger partial charge in [-0.3, -0.25) is 4.79 Å². The molecule has 0 aromatic heterocycles. The standard InChI is InChI=1S/C13H24N2O4/c1-9-8-14(12(18)19)5-6-15(9)11(17)10(16)7-13(2,3)4/h9-10,16H,5-8H2,1-4H3,(H,18,19)/t9-,10+/m0/s1. The average molecular weight is 272 g/mol. The number of hydrogen-bond acceptors (Lipinski definition) is 3. The minimum Gasteiger partial charge on any atom is -0.465 e. The highest BCUT2D eigenvalue weighted by atomic mass is 16.4. The molecule has 19 heavy (non-hydrogen) atoms. The lowest BCUT2D eigenvalue weighted by Crippen LogP contribution is -2.57. The first-order valence-electron chi connectivity index (χ1n) is 6.58. The van der Waals surface area contributed by atoms with Crippen LogP contribution < -0.4 is 0 Å². The fourth-order valence-corrected chi connectivity index (χ4v) is 2.32. The van der Waals surface area contributed by atoms with Crippen LogP contribution in [0.25, 0.3) is 0 Å². The zero-order valence-electron chi connectivity index (χ0n) is 12.1. The topological polar surface area (TPSA) is 81.1 Å². The number of amides is 2. The molecule has 2 N–H and O–H groups in total. The van der Waals surface area contributed by atoms with E-state index in [0.717, 1.165) is 0 Å². The molecule has 1 rings (SSSR count). The van der Waals surface area contributed by atoms with Crippen LogP contribution in [0.2, 0.25) is 0 Å². The molecule has 0 spiro atoms. The summed E-state index contributed by atoms with van der Waals surface area (Å²) in [6.45, 7) is 8.64. The van der Waals surface area contributed by atoms with Gasteiger partial charge in [-0.05, 0) is 18.8 Å². The fraction of sp³-hybridized carbons (Fsp3) is 0.846. The maximum atomic E-state index is 12.2. The van der Waals surface area contributed by atoms with Gasteiger partial charge in [0.25, 0.3) is 5.91 Å². The molecular weight excluding hydrogens is 248 g/mol. The van der Waals surface area contributed by atoms with Crippen molar-refractivity contribution in [2.24, 2.45) is 5.41 Å². The van der Waals surface area contributed by atoms with Crippen molar-refractivity contribution >= 4 is 12.0 Å². The molecule has 0 aliphatic carbocycles. The number of nitrogens with zero attached hydrogens (tertiary/aromatic N) is 2. The van der Waals surface area contributed by atoms with Crippen LogP contribution in [-0.2, 0) is 4.79 Å². The predicted octanol–water partition coefficient (Wildman–Crippen LogP) is 0.994. The first-order chi connectivity index (χ1) is 8.61. The van der Waals surface area contributed by atoms with Crippen molar-refractivity contribution in [1.29, 1.82) is 0 Å². The van der Waals surface area contributed by atoms with Gasteiger partial charge in [-0.15, -0.1) is 0 Å². The molecule has 1 saturated heterocycles. The van der Waals surface area contributed by atoms with E-state index in [0.29, 0.717) is 26.1 Å². The first kappa shape index (κ1) is 15.8. The minimum absolute atomic E-state index is 0.124. The van der Waals surface area contributed by atoms with Crippen molar-refractivity contribution in [3.63, 3.8) is 0 Å². The van der Waals surface area contributed by atoms with E-state index in [1.54, 1.807) is 11.8 Å². The summed E-state index contributed by atoms with van der Waals surface area (Å²) in [4.78, 5) is 25.9. The highest BCUT2D eigenvalue weighted by molar-refractivity contribution is 5.81. The number of piperazine rings is 1. The van der Waals surface area contributed by atoms with E-state index >= 15 is 0 Å². The fourth-order valence-electron chi connectivity index (χ4n) is 2.32. The molecule has 0 aromatic rings. The van der Waals surface area contributed by atoms with Gasteiger partial charge in [0.1, 0.15) is 6.10 Å². The van der Waals surface area contributed by atoms with Crippen molar-refractivity contribution in [2.75, 3.05) is 19.6 Å². The van der Waals surface area contributed by atoms with Gasteiger partial charge in [0.05, 0.1) is 0 Å². The number of aliphatic hydroxyl groups excluding tert-OH is 1. The normalized spacial score (nSPS) is 22.3. The Morgan fingerprint density at radius 3 is 2.32 bits per heavy atom. The van der Waals surface area contributed by atoms with E-state index in [2.05, 4.69) is 0 Å². The zero-order valence-corrected chi connectivity index (χ0v) is 12.1. The highest BCUT2D eigenvalue weighted by Gasteiger charge is 2.33. The summed E-state index contributed by atoms with van der Waals surface area (Å²) < 4.78 is 0.